The number of fused-ring (bicyclic) bond motifs is 1. The largest absolute Gasteiger partial charge is 0.505 e. The van der Waals surface area contributed by atoms with Crippen LogP contribution in [-0.2, 0) is 16.1 Å². The van der Waals surface area contributed by atoms with Gasteiger partial charge in [-0.15, -0.1) is 0 Å². The summed E-state index contributed by atoms with van der Waals surface area (Å²) in [6.45, 7) is 2.46. The van der Waals surface area contributed by atoms with Crippen molar-refractivity contribution in [1.29, 1.82) is 0 Å². The molecule has 96 valence electrons. The minimum atomic E-state index is -0.552. The molecule has 1 aliphatic heterocycles. The van der Waals surface area contributed by atoms with Crippen molar-refractivity contribution in [1.82, 2.24) is 9.29 Å². The zero-order chi connectivity index (χ0) is 13.3. The van der Waals surface area contributed by atoms with Crippen molar-refractivity contribution in [3.05, 3.63) is 34.8 Å². The quantitative estimate of drug-likeness (QED) is 0.485. The summed E-state index contributed by atoms with van der Waals surface area (Å²) in [4.78, 5) is 15.8. The Balaban J connectivity index is 2.62. The Kier molecular flexibility index (Phi) is 4.00. The predicted octanol–water partition coefficient (Wildman–Crippen LogP) is 2.60. The second-order valence-corrected chi connectivity index (χ2v) is 5.54. The molecule has 5 nitrogen and oxygen atoms in total. The summed E-state index contributed by atoms with van der Waals surface area (Å²) in [5, 5.41) is 10.2. The van der Waals surface area contributed by atoms with Crippen LogP contribution in [0.3, 0.4) is 0 Å². The van der Waals surface area contributed by atoms with E-state index >= 15 is 0 Å². The lowest BCUT2D eigenvalue weighted by atomic mass is 9.99. The van der Waals surface area contributed by atoms with Crippen LogP contribution < -0.4 is 0 Å². The zero-order valence-electron chi connectivity index (χ0n) is 9.81. The lowest BCUT2D eigenvalue weighted by molar-refractivity contribution is -0.137. The van der Waals surface area contributed by atoms with Crippen LogP contribution in [0.5, 0.6) is 0 Å². The van der Waals surface area contributed by atoms with Crippen molar-refractivity contribution in [2.45, 2.75) is 13.5 Å². The lowest BCUT2D eigenvalue weighted by Crippen LogP contribution is -2.27. The molecule has 1 aromatic heterocycles. The zero-order valence-corrected chi connectivity index (χ0v) is 12.8. The van der Waals surface area contributed by atoms with E-state index in [2.05, 4.69) is 26.2 Å². The number of aliphatic hydroxyl groups is 1. The van der Waals surface area contributed by atoms with Crippen molar-refractivity contribution >= 4 is 42.1 Å². The van der Waals surface area contributed by atoms with Crippen LogP contribution in [0, 0.1) is 6.92 Å². The first-order chi connectivity index (χ1) is 8.60. The molecule has 0 amide bonds. The van der Waals surface area contributed by atoms with Gasteiger partial charge < -0.3 is 9.84 Å². The number of hydrogen-bond donors (Lipinski definition) is 1. The average Bonchev–Trinajstić information content (AvgIpc) is 2.38. The minimum absolute atomic E-state index is 0.0801. The van der Waals surface area contributed by atoms with Crippen LogP contribution in [0.25, 0.3) is 5.76 Å². The lowest BCUT2D eigenvalue weighted by Gasteiger charge is -2.29. The smallest absolute Gasteiger partial charge is 0.359 e. The van der Waals surface area contributed by atoms with Gasteiger partial charge in [-0.05, 0) is 18.1 Å². The molecule has 0 atom stereocenters. The van der Waals surface area contributed by atoms with Gasteiger partial charge in [0.1, 0.15) is 0 Å². The van der Waals surface area contributed by atoms with E-state index in [9.17, 15) is 9.90 Å². The number of esters is 1. The summed E-state index contributed by atoms with van der Waals surface area (Å²) in [6, 6.07) is 0. The van der Waals surface area contributed by atoms with Crippen LogP contribution in [0.15, 0.2) is 18.1 Å². The maximum atomic E-state index is 11.7. The van der Waals surface area contributed by atoms with E-state index in [1.807, 2.05) is 6.92 Å². The van der Waals surface area contributed by atoms with E-state index in [1.54, 1.807) is 16.7 Å². The molecule has 0 radical (unpaired) electrons. The third-order valence-corrected chi connectivity index (χ3v) is 4.67. The fourth-order valence-corrected chi connectivity index (χ4v) is 3.24. The monoisotopic (exact) mass is 378 g/mol. The molecule has 0 saturated carbocycles. The summed E-state index contributed by atoms with van der Waals surface area (Å²) in [7, 11) is 2.63. The van der Waals surface area contributed by atoms with Crippen molar-refractivity contribution in [3.8, 4) is 0 Å². The topological polar surface area (TPSA) is 62.7 Å². The molecule has 0 spiro atoms. The number of pyridine rings is 1. The Morgan fingerprint density at radius 2 is 2.33 bits per heavy atom. The molecular weight excluding hydrogens is 367 g/mol. The number of carbonyl (C=O) groups is 1. The number of hydrogen-bond acceptors (Lipinski definition) is 6. The SMILES string of the molecule is COC(=O)C1=C(O)c2cncc(C)c2CN1SI. The van der Waals surface area contributed by atoms with E-state index in [-0.39, 0.29) is 11.5 Å². The Morgan fingerprint density at radius 3 is 2.94 bits per heavy atom. The third kappa shape index (κ3) is 2.16. The summed E-state index contributed by atoms with van der Waals surface area (Å²) in [6.07, 6.45) is 3.31. The number of methoxy groups -OCH3 is 1. The number of ether oxygens (including phenoxy) is 1. The Bertz CT molecular complexity index is 533. The van der Waals surface area contributed by atoms with Crippen LogP contribution in [0.1, 0.15) is 16.7 Å². The minimum Gasteiger partial charge on any atom is -0.505 e. The average molecular weight is 378 g/mol. The maximum absolute atomic E-state index is 11.7. The number of aryl methyl sites for hydroxylation is 1. The predicted molar refractivity (Wildman–Crippen MR) is 77.7 cm³/mol. The van der Waals surface area contributed by atoms with E-state index in [0.717, 1.165) is 11.1 Å². The van der Waals surface area contributed by atoms with Gasteiger partial charge in [0.15, 0.2) is 11.5 Å². The highest BCUT2D eigenvalue weighted by Gasteiger charge is 2.31. The first kappa shape index (κ1) is 13.5. The number of carbonyl (C=O) groups excluding carboxylic acids is 1. The number of aromatic nitrogens is 1. The van der Waals surface area contributed by atoms with Crippen molar-refractivity contribution in [2.24, 2.45) is 0 Å². The third-order valence-electron chi connectivity index (χ3n) is 2.77. The van der Waals surface area contributed by atoms with E-state index in [4.69, 9.17) is 4.74 Å². The van der Waals surface area contributed by atoms with Gasteiger partial charge in [0, 0.05) is 48.3 Å². The van der Waals surface area contributed by atoms with Gasteiger partial charge in [0.05, 0.1) is 13.7 Å². The first-order valence-electron chi connectivity index (χ1n) is 5.11. The second-order valence-electron chi connectivity index (χ2n) is 3.78. The summed E-state index contributed by atoms with van der Waals surface area (Å²) < 4.78 is 6.41. The molecule has 7 heteroatoms. The Labute approximate surface area is 121 Å². The molecule has 0 aromatic carbocycles. The fourth-order valence-electron chi connectivity index (χ4n) is 1.83. The Hall–Kier alpha value is -0.960. The highest BCUT2D eigenvalue weighted by atomic mass is 127. The van der Waals surface area contributed by atoms with Crippen molar-refractivity contribution in [2.75, 3.05) is 7.11 Å². The molecule has 0 bridgehead atoms. The van der Waals surface area contributed by atoms with Gasteiger partial charge in [-0.1, -0.05) is 0 Å². The van der Waals surface area contributed by atoms with Crippen molar-refractivity contribution < 1.29 is 14.6 Å². The molecule has 0 unspecified atom stereocenters. The van der Waals surface area contributed by atoms with Crippen LogP contribution in [0.4, 0.5) is 0 Å². The molecule has 1 aliphatic rings. The summed E-state index contributed by atoms with van der Waals surface area (Å²) in [5.41, 5.74) is 2.71. The summed E-state index contributed by atoms with van der Waals surface area (Å²) in [5.74, 6) is -0.632. The van der Waals surface area contributed by atoms with Crippen molar-refractivity contribution in [3.63, 3.8) is 0 Å². The molecule has 18 heavy (non-hydrogen) atoms. The molecule has 2 rings (SSSR count). The second kappa shape index (κ2) is 5.35. The first-order valence-corrected chi connectivity index (χ1v) is 8.43. The highest BCUT2D eigenvalue weighted by Crippen LogP contribution is 2.37. The molecular formula is C11H11IN2O3S. The summed E-state index contributed by atoms with van der Waals surface area (Å²) >= 11 is 2.07. The molecule has 1 aromatic rings. The normalized spacial score (nSPS) is 14.5. The maximum Gasteiger partial charge on any atom is 0.359 e. The molecule has 1 N–H and O–H groups in total. The van der Waals surface area contributed by atoms with E-state index < -0.39 is 5.97 Å². The standard InChI is InChI=1S/C11H11IN2O3S/c1-6-3-13-4-7-8(6)5-14(18-12)9(10(7)15)11(16)17-2/h3-4,15H,5H2,1-2H3. The van der Waals surface area contributed by atoms with Gasteiger partial charge in [-0.3, -0.25) is 9.29 Å². The van der Waals surface area contributed by atoms with Gasteiger partial charge in [-0.25, -0.2) is 4.79 Å². The van der Waals surface area contributed by atoms with Gasteiger partial charge in [-0.2, -0.15) is 0 Å². The molecule has 0 saturated heterocycles. The van der Waals surface area contributed by atoms with Gasteiger partial charge >= 0.3 is 5.97 Å². The molecule has 2 heterocycles. The van der Waals surface area contributed by atoms with E-state index in [1.165, 1.54) is 16.2 Å². The Morgan fingerprint density at radius 1 is 1.61 bits per heavy atom. The van der Waals surface area contributed by atoms with Gasteiger partial charge in [0.2, 0.25) is 0 Å². The van der Waals surface area contributed by atoms with E-state index in [0.29, 0.717) is 12.1 Å². The number of halogens is 1. The fraction of sp³-hybridized carbons (Fsp3) is 0.273. The van der Waals surface area contributed by atoms with Crippen LogP contribution >= 0.6 is 30.3 Å². The highest BCUT2D eigenvalue weighted by molar-refractivity contribution is 14.2. The number of nitrogens with zero attached hydrogens (tertiary/aromatic N) is 2. The van der Waals surface area contributed by atoms with Crippen LogP contribution in [-0.4, -0.2) is 27.5 Å². The number of aliphatic hydroxyl groups excluding tert-OH is 1. The number of rotatable bonds is 2. The molecule has 0 aliphatic carbocycles. The molecule has 0 fully saturated rings. The van der Waals surface area contributed by atoms with Crippen LogP contribution in [0.2, 0.25) is 0 Å². The van der Waals surface area contributed by atoms with Gasteiger partial charge in [0.25, 0.3) is 0 Å².